The van der Waals surface area contributed by atoms with Crippen molar-refractivity contribution < 1.29 is 4.74 Å². The van der Waals surface area contributed by atoms with Crippen molar-refractivity contribution >= 4 is 11.6 Å². The molecule has 6 nitrogen and oxygen atoms in total. The van der Waals surface area contributed by atoms with Crippen LogP contribution in [0, 0.1) is 0 Å². The standard InChI is InChI=1S/C16H22ClN5O/c1-12(15-19-20-21-22(15)2)18-11-16(7-9-23-10-8-16)13-5-3-4-6-14(13)17/h3-6,12,18H,7-11H2,1-2H3. The van der Waals surface area contributed by atoms with Crippen LogP contribution in [0.3, 0.4) is 0 Å². The zero-order chi connectivity index (χ0) is 16.3. The number of benzene rings is 1. The lowest BCUT2D eigenvalue weighted by Crippen LogP contribution is -2.44. The molecule has 1 N–H and O–H groups in total. The quantitative estimate of drug-likeness (QED) is 0.908. The van der Waals surface area contributed by atoms with Gasteiger partial charge in [0.15, 0.2) is 5.82 Å². The number of rotatable bonds is 5. The molecule has 0 amide bonds. The van der Waals surface area contributed by atoms with Gasteiger partial charge in [-0.1, -0.05) is 29.8 Å². The summed E-state index contributed by atoms with van der Waals surface area (Å²) >= 11 is 6.48. The topological polar surface area (TPSA) is 64.9 Å². The number of hydrogen-bond donors (Lipinski definition) is 1. The summed E-state index contributed by atoms with van der Waals surface area (Å²) in [6.07, 6.45) is 1.90. The van der Waals surface area contributed by atoms with Crippen LogP contribution in [0.15, 0.2) is 24.3 Å². The van der Waals surface area contributed by atoms with Gasteiger partial charge in [-0.05, 0) is 41.8 Å². The molecule has 0 radical (unpaired) electrons. The molecule has 23 heavy (non-hydrogen) atoms. The van der Waals surface area contributed by atoms with E-state index in [2.05, 4.69) is 39.9 Å². The highest BCUT2D eigenvalue weighted by molar-refractivity contribution is 6.31. The lowest BCUT2D eigenvalue weighted by Gasteiger charge is -2.39. The minimum absolute atomic E-state index is 0.0170. The predicted octanol–water partition coefficient (Wildman–Crippen LogP) is 2.26. The van der Waals surface area contributed by atoms with Crippen molar-refractivity contribution in [1.82, 2.24) is 25.5 Å². The maximum Gasteiger partial charge on any atom is 0.167 e. The number of tetrazole rings is 1. The fraction of sp³-hybridized carbons (Fsp3) is 0.562. The van der Waals surface area contributed by atoms with Crippen molar-refractivity contribution in [2.24, 2.45) is 7.05 Å². The first kappa shape index (κ1) is 16.4. The highest BCUT2D eigenvalue weighted by atomic mass is 35.5. The normalized spacial score (nSPS) is 18.7. The maximum atomic E-state index is 6.48. The summed E-state index contributed by atoms with van der Waals surface area (Å²) in [5, 5.41) is 16.1. The van der Waals surface area contributed by atoms with Crippen molar-refractivity contribution in [3.8, 4) is 0 Å². The Bertz CT molecular complexity index is 653. The summed E-state index contributed by atoms with van der Waals surface area (Å²) in [6.45, 7) is 4.40. The molecule has 1 aliphatic rings. The Labute approximate surface area is 141 Å². The van der Waals surface area contributed by atoms with Crippen LogP contribution in [0.4, 0.5) is 0 Å². The number of aryl methyl sites for hydroxylation is 1. The molecule has 0 bridgehead atoms. The molecule has 7 heteroatoms. The number of ether oxygens (including phenoxy) is 1. The molecule has 0 spiro atoms. The Kier molecular flexibility index (Phi) is 4.94. The zero-order valence-electron chi connectivity index (χ0n) is 13.5. The molecule has 2 aromatic rings. The Hall–Kier alpha value is -1.50. The van der Waals surface area contributed by atoms with E-state index in [-0.39, 0.29) is 11.5 Å². The number of halogens is 1. The molecule has 1 aromatic carbocycles. The monoisotopic (exact) mass is 335 g/mol. The summed E-state index contributed by atoms with van der Waals surface area (Å²) in [7, 11) is 1.85. The predicted molar refractivity (Wildman–Crippen MR) is 88.4 cm³/mol. The summed E-state index contributed by atoms with van der Waals surface area (Å²) in [5.74, 6) is 0.825. The zero-order valence-corrected chi connectivity index (χ0v) is 14.3. The van der Waals surface area contributed by atoms with Crippen LogP contribution in [0.25, 0.3) is 0 Å². The first-order valence-corrected chi connectivity index (χ1v) is 8.28. The number of aromatic nitrogens is 4. The van der Waals surface area contributed by atoms with Gasteiger partial charge in [-0.2, -0.15) is 0 Å². The third kappa shape index (κ3) is 3.39. The van der Waals surface area contributed by atoms with Gasteiger partial charge >= 0.3 is 0 Å². The van der Waals surface area contributed by atoms with E-state index < -0.39 is 0 Å². The van der Waals surface area contributed by atoms with E-state index in [1.165, 1.54) is 5.56 Å². The largest absolute Gasteiger partial charge is 0.381 e. The first-order valence-electron chi connectivity index (χ1n) is 7.91. The third-order valence-electron chi connectivity index (χ3n) is 4.68. The summed E-state index contributed by atoms with van der Waals surface area (Å²) in [4.78, 5) is 0. The minimum atomic E-state index is -0.0170. The lowest BCUT2D eigenvalue weighted by atomic mass is 9.74. The van der Waals surface area contributed by atoms with Crippen LogP contribution < -0.4 is 5.32 Å². The van der Waals surface area contributed by atoms with Gasteiger partial charge in [0.1, 0.15) is 0 Å². The van der Waals surface area contributed by atoms with Crippen LogP contribution >= 0.6 is 11.6 Å². The average molecular weight is 336 g/mol. The second-order valence-electron chi connectivity index (χ2n) is 6.14. The molecule has 1 atom stereocenters. The third-order valence-corrected chi connectivity index (χ3v) is 5.01. The van der Waals surface area contributed by atoms with E-state index in [4.69, 9.17) is 16.3 Å². The van der Waals surface area contributed by atoms with Gasteiger partial charge < -0.3 is 10.1 Å². The van der Waals surface area contributed by atoms with E-state index in [1.807, 2.05) is 19.2 Å². The van der Waals surface area contributed by atoms with Crippen LogP contribution in [0.5, 0.6) is 0 Å². The van der Waals surface area contributed by atoms with Gasteiger partial charge in [-0.15, -0.1) is 5.10 Å². The van der Waals surface area contributed by atoms with Crippen molar-refractivity contribution in [2.45, 2.75) is 31.2 Å². The number of nitrogens with one attached hydrogen (secondary N) is 1. The molecular weight excluding hydrogens is 314 g/mol. The van der Waals surface area contributed by atoms with Gasteiger partial charge in [0.05, 0.1) is 6.04 Å². The van der Waals surface area contributed by atoms with Gasteiger partial charge in [0.25, 0.3) is 0 Å². The molecule has 2 heterocycles. The van der Waals surface area contributed by atoms with E-state index >= 15 is 0 Å². The Morgan fingerprint density at radius 2 is 2.09 bits per heavy atom. The fourth-order valence-corrected chi connectivity index (χ4v) is 3.57. The van der Waals surface area contributed by atoms with E-state index in [1.54, 1.807) is 4.68 Å². The molecule has 0 saturated carbocycles. The Morgan fingerprint density at radius 3 is 2.74 bits per heavy atom. The van der Waals surface area contributed by atoms with Crippen molar-refractivity contribution in [2.75, 3.05) is 19.8 Å². The smallest absolute Gasteiger partial charge is 0.167 e. The van der Waals surface area contributed by atoms with E-state index in [0.29, 0.717) is 0 Å². The maximum absolute atomic E-state index is 6.48. The fourth-order valence-electron chi connectivity index (χ4n) is 3.24. The molecule has 0 aliphatic carbocycles. The van der Waals surface area contributed by atoms with E-state index in [0.717, 1.165) is 43.4 Å². The van der Waals surface area contributed by atoms with Crippen LogP contribution in [0.1, 0.15) is 37.2 Å². The van der Waals surface area contributed by atoms with Gasteiger partial charge in [0, 0.05) is 37.2 Å². The Morgan fingerprint density at radius 1 is 1.35 bits per heavy atom. The molecular formula is C16H22ClN5O. The van der Waals surface area contributed by atoms with Crippen molar-refractivity contribution in [3.63, 3.8) is 0 Å². The molecule has 1 unspecified atom stereocenters. The van der Waals surface area contributed by atoms with Gasteiger partial charge in [-0.3, -0.25) is 0 Å². The minimum Gasteiger partial charge on any atom is -0.381 e. The molecule has 1 fully saturated rings. The average Bonchev–Trinajstić information content (AvgIpc) is 3.00. The van der Waals surface area contributed by atoms with Gasteiger partial charge in [0.2, 0.25) is 0 Å². The number of nitrogens with zero attached hydrogens (tertiary/aromatic N) is 4. The van der Waals surface area contributed by atoms with E-state index in [9.17, 15) is 0 Å². The highest BCUT2D eigenvalue weighted by Gasteiger charge is 2.36. The second kappa shape index (κ2) is 6.95. The summed E-state index contributed by atoms with van der Waals surface area (Å²) < 4.78 is 7.28. The number of hydrogen-bond acceptors (Lipinski definition) is 5. The second-order valence-corrected chi connectivity index (χ2v) is 6.54. The Balaban J connectivity index is 1.80. The SMILES string of the molecule is CC(NCC1(c2ccccc2Cl)CCOCC1)c1nnnn1C. The molecule has 1 aliphatic heterocycles. The first-order chi connectivity index (χ1) is 11.1. The summed E-state index contributed by atoms with van der Waals surface area (Å²) in [6, 6.07) is 8.18. The van der Waals surface area contributed by atoms with Crippen LogP contribution in [-0.4, -0.2) is 40.0 Å². The van der Waals surface area contributed by atoms with Crippen molar-refractivity contribution in [1.29, 1.82) is 0 Å². The summed E-state index contributed by atoms with van der Waals surface area (Å²) in [5.41, 5.74) is 1.18. The van der Waals surface area contributed by atoms with Gasteiger partial charge in [-0.25, -0.2) is 4.68 Å². The van der Waals surface area contributed by atoms with Crippen LogP contribution in [0.2, 0.25) is 5.02 Å². The molecule has 1 saturated heterocycles. The molecule has 3 rings (SSSR count). The lowest BCUT2D eigenvalue weighted by molar-refractivity contribution is 0.0489. The molecule has 124 valence electrons. The highest BCUT2D eigenvalue weighted by Crippen LogP contribution is 2.38. The molecule has 1 aromatic heterocycles. The van der Waals surface area contributed by atoms with Crippen molar-refractivity contribution in [3.05, 3.63) is 40.7 Å². The van der Waals surface area contributed by atoms with Crippen LogP contribution in [-0.2, 0) is 17.2 Å².